The molecule has 2 aromatic rings. The number of nitrogens with zero attached hydrogens (tertiary/aromatic N) is 2. The van der Waals surface area contributed by atoms with Gasteiger partial charge in [-0.2, -0.15) is 0 Å². The fourth-order valence-electron chi connectivity index (χ4n) is 2.75. The molecule has 0 radical (unpaired) electrons. The highest BCUT2D eigenvalue weighted by atomic mass is 16.6. The van der Waals surface area contributed by atoms with Gasteiger partial charge in [0.1, 0.15) is 0 Å². The van der Waals surface area contributed by atoms with Crippen LogP contribution in [0.5, 0.6) is 0 Å². The van der Waals surface area contributed by atoms with Crippen LogP contribution in [0.15, 0.2) is 36.4 Å². The number of benzene rings is 2. The van der Waals surface area contributed by atoms with Crippen LogP contribution in [-0.4, -0.2) is 23.8 Å². The molecular weight excluding hydrogens is 310 g/mol. The highest BCUT2D eigenvalue weighted by Gasteiger charge is 2.24. The third kappa shape index (κ3) is 2.71. The Labute approximate surface area is 138 Å². The highest BCUT2D eigenvalue weighted by molar-refractivity contribution is 6.06. The van der Waals surface area contributed by atoms with Crippen LogP contribution in [-0.2, 0) is 11.2 Å². The van der Waals surface area contributed by atoms with E-state index in [2.05, 4.69) is 5.32 Å². The van der Waals surface area contributed by atoms with E-state index in [1.54, 1.807) is 37.1 Å². The molecule has 1 aliphatic heterocycles. The van der Waals surface area contributed by atoms with Crippen molar-refractivity contribution in [1.29, 1.82) is 0 Å². The van der Waals surface area contributed by atoms with E-state index in [1.165, 1.54) is 18.2 Å². The lowest BCUT2D eigenvalue weighted by atomic mass is 10.1. The minimum absolute atomic E-state index is 0.0134. The Morgan fingerprint density at radius 1 is 1.25 bits per heavy atom. The molecule has 0 saturated heterocycles. The molecule has 0 unspecified atom stereocenters. The summed E-state index contributed by atoms with van der Waals surface area (Å²) in [5.74, 6) is -0.343. The van der Waals surface area contributed by atoms with E-state index in [0.717, 1.165) is 11.3 Å². The fourth-order valence-corrected chi connectivity index (χ4v) is 2.75. The lowest BCUT2D eigenvalue weighted by molar-refractivity contribution is -0.385. The van der Waals surface area contributed by atoms with Gasteiger partial charge < -0.3 is 10.2 Å². The van der Waals surface area contributed by atoms with Gasteiger partial charge in [0.2, 0.25) is 5.91 Å². The first-order chi connectivity index (χ1) is 11.4. The predicted octanol–water partition coefficient (Wildman–Crippen LogP) is 2.67. The number of nitrogens with one attached hydrogen (secondary N) is 1. The van der Waals surface area contributed by atoms with E-state index < -0.39 is 4.92 Å². The molecule has 0 atom stereocenters. The lowest BCUT2D eigenvalue weighted by Crippen LogP contribution is -2.20. The van der Waals surface area contributed by atoms with Gasteiger partial charge in [-0.3, -0.25) is 19.7 Å². The molecule has 0 saturated carbocycles. The molecule has 7 heteroatoms. The topological polar surface area (TPSA) is 92.6 Å². The quantitative estimate of drug-likeness (QED) is 0.693. The van der Waals surface area contributed by atoms with E-state index in [-0.39, 0.29) is 17.5 Å². The molecule has 122 valence electrons. The first kappa shape index (κ1) is 15.7. The smallest absolute Gasteiger partial charge is 0.272 e. The van der Waals surface area contributed by atoms with Crippen molar-refractivity contribution in [2.24, 2.45) is 0 Å². The van der Waals surface area contributed by atoms with Gasteiger partial charge in [-0.15, -0.1) is 0 Å². The third-order valence-electron chi connectivity index (χ3n) is 4.07. The van der Waals surface area contributed by atoms with Crippen molar-refractivity contribution < 1.29 is 14.5 Å². The van der Waals surface area contributed by atoms with Crippen LogP contribution >= 0.6 is 0 Å². The zero-order chi connectivity index (χ0) is 17.4. The van der Waals surface area contributed by atoms with Gasteiger partial charge in [0.15, 0.2) is 0 Å². The van der Waals surface area contributed by atoms with E-state index in [1.807, 2.05) is 0 Å². The average Bonchev–Trinajstić information content (AvgIpc) is 2.81. The number of hydrogen-bond acceptors (Lipinski definition) is 4. The minimum atomic E-state index is -0.481. The minimum Gasteiger partial charge on any atom is -0.322 e. The van der Waals surface area contributed by atoms with Crippen molar-refractivity contribution in [1.82, 2.24) is 0 Å². The SMILES string of the molecule is Cc1cc(C(=O)Nc2ccc3c(c2)CC(=O)N3C)ccc1[N+](=O)[O-]. The maximum absolute atomic E-state index is 12.3. The number of anilines is 2. The summed E-state index contributed by atoms with van der Waals surface area (Å²) in [5, 5.41) is 13.6. The van der Waals surface area contributed by atoms with Crippen molar-refractivity contribution in [3.63, 3.8) is 0 Å². The number of nitro groups is 1. The van der Waals surface area contributed by atoms with Crippen LogP contribution in [0.2, 0.25) is 0 Å². The molecule has 2 aromatic carbocycles. The van der Waals surface area contributed by atoms with Crippen LogP contribution in [0.1, 0.15) is 21.5 Å². The van der Waals surface area contributed by atoms with Gasteiger partial charge in [-0.05, 0) is 42.8 Å². The van der Waals surface area contributed by atoms with Crippen molar-refractivity contribution in [3.8, 4) is 0 Å². The second kappa shape index (κ2) is 5.77. The monoisotopic (exact) mass is 325 g/mol. The number of aryl methyl sites for hydroxylation is 1. The summed E-state index contributed by atoms with van der Waals surface area (Å²) in [6.07, 6.45) is 0.312. The van der Waals surface area contributed by atoms with Gasteiger partial charge in [0.05, 0.1) is 11.3 Å². The molecule has 7 nitrogen and oxygen atoms in total. The molecule has 0 spiro atoms. The molecule has 1 heterocycles. The maximum atomic E-state index is 12.3. The third-order valence-corrected chi connectivity index (χ3v) is 4.07. The first-order valence-corrected chi connectivity index (χ1v) is 7.32. The van der Waals surface area contributed by atoms with Crippen molar-refractivity contribution in [2.75, 3.05) is 17.3 Å². The van der Waals surface area contributed by atoms with Gasteiger partial charge in [-0.25, -0.2) is 0 Å². The number of likely N-dealkylation sites (N-methyl/N-ethyl adjacent to an activating group) is 1. The van der Waals surface area contributed by atoms with Crippen molar-refractivity contribution in [2.45, 2.75) is 13.3 Å². The van der Waals surface area contributed by atoms with Crippen LogP contribution in [0.3, 0.4) is 0 Å². The zero-order valence-corrected chi connectivity index (χ0v) is 13.2. The van der Waals surface area contributed by atoms with Gasteiger partial charge in [0, 0.05) is 35.6 Å². The number of hydrogen-bond donors (Lipinski definition) is 1. The van der Waals surface area contributed by atoms with Gasteiger partial charge in [0.25, 0.3) is 11.6 Å². The number of nitro benzene ring substituents is 1. The summed E-state index contributed by atoms with van der Waals surface area (Å²) in [7, 11) is 1.71. The van der Waals surface area contributed by atoms with Crippen molar-refractivity contribution >= 4 is 28.9 Å². The van der Waals surface area contributed by atoms with Crippen LogP contribution in [0.4, 0.5) is 17.1 Å². The summed E-state index contributed by atoms with van der Waals surface area (Å²) in [6, 6.07) is 9.51. The molecule has 3 rings (SSSR count). The molecule has 0 aromatic heterocycles. The standard InChI is InChI=1S/C17H15N3O4/c1-10-7-11(3-5-14(10)20(23)24)17(22)18-13-4-6-15-12(8-13)9-16(21)19(15)2/h3-8H,9H2,1-2H3,(H,18,22). The van der Waals surface area contributed by atoms with Gasteiger partial charge in [-0.1, -0.05) is 0 Å². The summed E-state index contributed by atoms with van der Waals surface area (Å²) in [6.45, 7) is 1.59. The highest BCUT2D eigenvalue weighted by Crippen LogP contribution is 2.30. The summed E-state index contributed by atoms with van der Waals surface area (Å²) < 4.78 is 0. The Morgan fingerprint density at radius 2 is 2.00 bits per heavy atom. The normalized spacial score (nSPS) is 12.9. The number of carbonyl (C=O) groups is 2. The molecule has 1 N–H and O–H groups in total. The lowest BCUT2D eigenvalue weighted by Gasteiger charge is -2.11. The number of rotatable bonds is 3. The molecule has 2 amide bonds. The van der Waals surface area contributed by atoms with Crippen LogP contribution in [0.25, 0.3) is 0 Å². The van der Waals surface area contributed by atoms with Crippen LogP contribution in [0, 0.1) is 17.0 Å². The molecule has 0 bridgehead atoms. The summed E-state index contributed by atoms with van der Waals surface area (Å²) >= 11 is 0. The van der Waals surface area contributed by atoms with E-state index in [9.17, 15) is 19.7 Å². The Morgan fingerprint density at radius 3 is 2.67 bits per heavy atom. The number of fused-ring (bicyclic) bond motifs is 1. The molecular formula is C17H15N3O4. The number of amides is 2. The predicted molar refractivity (Wildman–Crippen MR) is 89.3 cm³/mol. The Bertz CT molecular complexity index is 876. The molecule has 0 aliphatic carbocycles. The second-order valence-corrected chi connectivity index (χ2v) is 5.69. The largest absolute Gasteiger partial charge is 0.322 e. The van der Waals surface area contributed by atoms with Crippen LogP contribution < -0.4 is 10.2 Å². The molecule has 1 aliphatic rings. The van der Waals surface area contributed by atoms with Gasteiger partial charge >= 0.3 is 0 Å². The Balaban J connectivity index is 1.81. The maximum Gasteiger partial charge on any atom is 0.272 e. The second-order valence-electron chi connectivity index (χ2n) is 5.69. The Hall–Kier alpha value is -3.22. The van der Waals surface area contributed by atoms with E-state index in [0.29, 0.717) is 23.2 Å². The summed E-state index contributed by atoms with van der Waals surface area (Å²) in [5.41, 5.74) is 3.02. The van der Waals surface area contributed by atoms with Crippen molar-refractivity contribution in [3.05, 3.63) is 63.2 Å². The molecule has 24 heavy (non-hydrogen) atoms. The fraction of sp³-hybridized carbons (Fsp3) is 0.176. The molecule has 0 fully saturated rings. The summed E-state index contributed by atoms with van der Waals surface area (Å²) in [4.78, 5) is 35.9. The Kier molecular flexibility index (Phi) is 3.76. The van der Waals surface area contributed by atoms with E-state index >= 15 is 0 Å². The van der Waals surface area contributed by atoms with E-state index in [4.69, 9.17) is 0 Å². The number of carbonyl (C=O) groups excluding carboxylic acids is 2. The zero-order valence-electron chi connectivity index (χ0n) is 13.2. The average molecular weight is 325 g/mol. The first-order valence-electron chi connectivity index (χ1n) is 7.32.